The van der Waals surface area contributed by atoms with E-state index in [-0.39, 0.29) is 0 Å². The van der Waals surface area contributed by atoms with Gasteiger partial charge in [-0.25, -0.2) is 4.98 Å². The molecule has 0 saturated carbocycles. The lowest BCUT2D eigenvalue weighted by Crippen LogP contribution is -2.17. The fourth-order valence-electron chi connectivity index (χ4n) is 2.32. The van der Waals surface area contributed by atoms with Crippen LogP contribution in [0.2, 0.25) is 0 Å². The largest absolute Gasteiger partial charge is 0.341 e. The molecule has 3 heteroatoms. The van der Waals surface area contributed by atoms with Gasteiger partial charge in [-0.1, -0.05) is 19.1 Å². The van der Waals surface area contributed by atoms with E-state index in [0.29, 0.717) is 12.0 Å². The average Bonchev–Trinajstić information content (AvgIpc) is 2.82. The number of para-hydroxylation sites is 2. The summed E-state index contributed by atoms with van der Waals surface area (Å²) in [5, 5.41) is 3.49. The Morgan fingerprint density at radius 3 is 2.93 bits per heavy atom. The number of H-pyrrole nitrogens is 1. The van der Waals surface area contributed by atoms with Crippen LogP contribution in [0.3, 0.4) is 0 Å². The smallest absolute Gasteiger partial charge is 0.124 e. The van der Waals surface area contributed by atoms with E-state index in [0.717, 1.165) is 23.4 Å². The first-order valence-corrected chi connectivity index (χ1v) is 5.52. The number of nitrogens with zero attached hydrogens (tertiary/aromatic N) is 1. The van der Waals surface area contributed by atoms with Crippen molar-refractivity contribution < 1.29 is 0 Å². The van der Waals surface area contributed by atoms with E-state index in [2.05, 4.69) is 34.3 Å². The summed E-state index contributed by atoms with van der Waals surface area (Å²) in [6, 6.07) is 8.59. The van der Waals surface area contributed by atoms with E-state index in [4.69, 9.17) is 0 Å². The van der Waals surface area contributed by atoms with Gasteiger partial charge in [0.1, 0.15) is 5.82 Å². The van der Waals surface area contributed by atoms with Crippen LogP contribution in [0.15, 0.2) is 24.3 Å². The highest BCUT2D eigenvalue weighted by Gasteiger charge is 2.26. The predicted octanol–water partition coefficient (Wildman–Crippen LogP) is 2.23. The molecule has 1 aromatic heterocycles. The lowest BCUT2D eigenvalue weighted by molar-refractivity contribution is 0.484. The van der Waals surface area contributed by atoms with Gasteiger partial charge in [0, 0.05) is 0 Å². The van der Waals surface area contributed by atoms with Gasteiger partial charge < -0.3 is 10.3 Å². The second-order valence-electron chi connectivity index (χ2n) is 4.34. The number of benzene rings is 1. The Kier molecular flexibility index (Phi) is 1.99. The van der Waals surface area contributed by atoms with Crippen molar-refractivity contribution >= 4 is 11.0 Å². The second-order valence-corrected chi connectivity index (χ2v) is 4.34. The number of aromatic amines is 1. The summed E-state index contributed by atoms with van der Waals surface area (Å²) in [4.78, 5) is 8.02. The van der Waals surface area contributed by atoms with E-state index >= 15 is 0 Å². The summed E-state index contributed by atoms with van der Waals surface area (Å²) in [5.74, 6) is 1.76. The molecule has 0 bridgehead atoms. The number of nitrogens with one attached hydrogen (secondary N) is 2. The molecule has 0 radical (unpaired) electrons. The van der Waals surface area contributed by atoms with Gasteiger partial charge in [0.15, 0.2) is 0 Å². The van der Waals surface area contributed by atoms with Crippen molar-refractivity contribution in [2.75, 3.05) is 6.54 Å². The van der Waals surface area contributed by atoms with Crippen LogP contribution in [0.4, 0.5) is 0 Å². The van der Waals surface area contributed by atoms with E-state index < -0.39 is 0 Å². The molecule has 1 aliphatic rings. The molecule has 0 spiro atoms. The highest BCUT2D eigenvalue weighted by atomic mass is 15.0. The Hall–Kier alpha value is -1.35. The van der Waals surface area contributed by atoms with Crippen molar-refractivity contribution in [1.82, 2.24) is 15.3 Å². The van der Waals surface area contributed by atoms with Gasteiger partial charge in [-0.15, -0.1) is 0 Å². The molecule has 2 aromatic rings. The number of imidazole rings is 1. The molecule has 3 nitrogen and oxygen atoms in total. The Balaban J connectivity index is 2.04. The van der Waals surface area contributed by atoms with Gasteiger partial charge in [0.2, 0.25) is 0 Å². The molecule has 1 saturated heterocycles. The number of fused-ring (bicyclic) bond motifs is 1. The van der Waals surface area contributed by atoms with E-state index in [1.807, 2.05) is 12.1 Å². The van der Waals surface area contributed by atoms with Gasteiger partial charge in [0.05, 0.1) is 17.1 Å². The molecule has 0 amide bonds. The van der Waals surface area contributed by atoms with E-state index in [1.165, 1.54) is 6.42 Å². The predicted molar refractivity (Wildman–Crippen MR) is 60.6 cm³/mol. The van der Waals surface area contributed by atoms with E-state index in [1.54, 1.807) is 0 Å². The minimum absolute atomic E-state index is 0.400. The summed E-state index contributed by atoms with van der Waals surface area (Å²) in [7, 11) is 0. The summed E-state index contributed by atoms with van der Waals surface area (Å²) < 4.78 is 0. The van der Waals surface area contributed by atoms with Crippen LogP contribution in [-0.2, 0) is 0 Å². The Bertz CT molecular complexity index is 441. The molecule has 15 heavy (non-hydrogen) atoms. The van der Waals surface area contributed by atoms with Crippen LogP contribution in [0, 0.1) is 5.92 Å². The number of rotatable bonds is 1. The summed E-state index contributed by atoms with van der Waals surface area (Å²) in [6.45, 7) is 3.38. The molecule has 78 valence electrons. The lowest BCUT2D eigenvalue weighted by atomic mass is 10.0. The van der Waals surface area contributed by atoms with Crippen LogP contribution in [0.25, 0.3) is 11.0 Å². The first-order chi connectivity index (χ1) is 7.34. The maximum absolute atomic E-state index is 4.63. The number of aromatic nitrogens is 2. The van der Waals surface area contributed by atoms with Gasteiger partial charge in [-0.05, 0) is 31.0 Å². The van der Waals surface area contributed by atoms with Crippen molar-refractivity contribution in [2.24, 2.45) is 5.92 Å². The van der Waals surface area contributed by atoms with Crippen molar-refractivity contribution in [3.8, 4) is 0 Å². The Morgan fingerprint density at radius 2 is 2.20 bits per heavy atom. The Morgan fingerprint density at radius 1 is 1.33 bits per heavy atom. The van der Waals surface area contributed by atoms with Gasteiger partial charge >= 0.3 is 0 Å². The SMILES string of the molecule is CC1CCNC1c1nc2ccccc2[nH]1. The van der Waals surface area contributed by atoms with Gasteiger partial charge in [-0.3, -0.25) is 0 Å². The second kappa shape index (κ2) is 3.35. The summed E-state index contributed by atoms with van der Waals surface area (Å²) in [5.41, 5.74) is 2.20. The van der Waals surface area contributed by atoms with Crippen molar-refractivity contribution in [2.45, 2.75) is 19.4 Å². The molecule has 1 fully saturated rings. The molecule has 0 aliphatic carbocycles. The highest BCUT2D eigenvalue weighted by Crippen LogP contribution is 2.28. The fourth-order valence-corrected chi connectivity index (χ4v) is 2.32. The molecule has 2 atom stereocenters. The quantitative estimate of drug-likeness (QED) is 0.742. The topological polar surface area (TPSA) is 40.7 Å². The normalized spacial score (nSPS) is 26.2. The monoisotopic (exact) mass is 201 g/mol. The fraction of sp³-hybridized carbons (Fsp3) is 0.417. The van der Waals surface area contributed by atoms with Crippen molar-refractivity contribution in [3.05, 3.63) is 30.1 Å². The molecular formula is C12H15N3. The molecule has 2 N–H and O–H groups in total. The zero-order chi connectivity index (χ0) is 10.3. The van der Waals surface area contributed by atoms with Gasteiger partial charge in [-0.2, -0.15) is 0 Å². The standard InChI is InChI=1S/C12H15N3/c1-8-6-7-13-11(8)12-14-9-4-2-3-5-10(9)15-12/h2-5,8,11,13H,6-7H2,1H3,(H,14,15). The van der Waals surface area contributed by atoms with E-state index in [9.17, 15) is 0 Å². The van der Waals surface area contributed by atoms with Crippen molar-refractivity contribution in [3.63, 3.8) is 0 Å². The number of hydrogen-bond donors (Lipinski definition) is 2. The third-order valence-electron chi connectivity index (χ3n) is 3.24. The third-order valence-corrected chi connectivity index (χ3v) is 3.24. The molecular weight excluding hydrogens is 186 g/mol. The van der Waals surface area contributed by atoms with Crippen LogP contribution in [0.1, 0.15) is 25.2 Å². The minimum Gasteiger partial charge on any atom is -0.341 e. The number of hydrogen-bond acceptors (Lipinski definition) is 2. The highest BCUT2D eigenvalue weighted by molar-refractivity contribution is 5.74. The van der Waals surface area contributed by atoms with Crippen molar-refractivity contribution in [1.29, 1.82) is 0 Å². The maximum Gasteiger partial charge on any atom is 0.124 e. The molecule has 1 aromatic carbocycles. The lowest BCUT2D eigenvalue weighted by Gasteiger charge is -2.11. The minimum atomic E-state index is 0.400. The summed E-state index contributed by atoms with van der Waals surface area (Å²) >= 11 is 0. The zero-order valence-electron chi connectivity index (χ0n) is 8.83. The third kappa shape index (κ3) is 1.43. The Labute approximate surface area is 88.9 Å². The molecule has 2 heterocycles. The zero-order valence-corrected chi connectivity index (χ0v) is 8.83. The van der Waals surface area contributed by atoms with Crippen LogP contribution in [-0.4, -0.2) is 16.5 Å². The molecule has 1 aliphatic heterocycles. The first kappa shape index (κ1) is 8.92. The molecule has 2 unspecified atom stereocenters. The first-order valence-electron chi connectivity index (χ1n) is 5.52. The average molecular weight is 201 g/mol. The van der Waals surface area contributed by atoms with Gasteiger partial charge in [0.25, 0.3) is 0 Å². The molecule has 3 rings (SSSR count). The summed E-state index contributed by atoms with van der Waals surface area (Å²) in [6.07, 6.45) is 1.24. The maximum atomic E-state index is 4.63. The van der Waals surface area contributed by atoms with Crippen LogP contribution < -0.4 is 5.32 Å². The van der Waals surface area contributed by atoms with Crippen LogP contribution >= 0.6 is 0 Å². The van der Waals surface area contributed by atoms with Crippen LogP contribution in [0.5, 0.6) is 0 Å².